The van der Waals surface area contributed by atoms with Crippen LogP contribution in [0.5, 0.6) is 5.75 Å². The molecule has 1 aromatic heterocycles. The second-order valence-corrected chi connectivity index (χ2v) is 8.11. The molecule has 1 aliphatic rings. The zero-order chi connectivity index (χ0) is 22.8. The first-order valence-corrected chi connectivity index (χ1v) is 10.6. The lowest BCUT2D eigenvalue weighted by atomic mass is 10.1. The molecule has 8 heteroatoms. The molecule has 0 spiro atoms. The average Bonchev–Trinajstić information content (AvgIpc) is 3.62. The summed E-state index contributed by atoms with van der Waals surface area (Å²) in [5.41, 5.74) is 1.47. The maximum Gasteiger partial charge on any atom is 0.261 e. The number of aryl methyl sites for hydroxylation is 1. The first-order chi connectivity index (χ1) is 15.4. The van der Waals surface area contributed by atoms with Gasteiger partial charge in [-0.2, -0.15) is 0 Å². The van der Waals surface area contributed by atoms with Gasteiger partial charge in [0.25, 0.3) is 11.5 Å². The third-order valence-corrected chi connectivity index (χ3v) is 5.50. The molecule has 0 saturated heterocycles. The number of para-hydroxylation sites is 1. The standard InChI is InChI=1S/C24H26N4O4/c1-27(2)23(30)15-8-11-20(32-3)19(14-15)26-22(29)13-12-21-25-18-7-5-4-6-17(18)24(31)28(21)16-9-10-16/h4-8,11,14,16H,9-10,12-13H2,1-3H3,(H,26,29). The summed E-state index contributed by atoms with van der Waals surface area (Å²) in [6.07, 6.45) is 2.37. The number of fused-ring (bicyclic) bond motifs is 1. The molecule has 1 heterocycles. The van der Waals surface area contributed by atoms with Gasteiger partial charge in [0.05, 0.1) is 23.7 Å². The van der Waals surface area contributed by atoms with Crippen molar-refractivity contribution in [2.75, 3.05) is 26.5 Å². The fourth-order valence-corrected chi connectivity index (χ4v) is 3.71. The van der Waals surface area contributed by atoms with E-state index in [-0.39, 0.29) is 29.8 Å². The van der Waals surface area contributed by atoms with E-state index in [2.05, 4.69) is 10.3 Å². The van der Waals surface area contributed by atoms with E-state index in [1.807, 2.05) is 18.2 Å². The summed E-state index contributed by atoms with van der Waals surface area (Å²) in [6, 6.07) is 12.4. The molecular weight excluding hydrogens is 408 g/mol. The van der Waals surface area contributed by atoms with Crippen molar-refractivity contribution >= 4 is 28.4 Å². The second kappa shape index (κ2) is 8.82. The van der Waals surface area contributed by atoms with E-state index >= 15 is 0 Å². The normalized spacial score (nSPS) is 13.1. The number of amides is 2. The zero-order valence-corrected chi connectivity index (χ0v) is 18.4. The van der Waals surface area contributed by atoms with Crippen molar-refractivity contribution in [3.05, 3.63) is 64.2 Å². The van der Waals surface area contributed by atoms with E-state index in [0.29, 0.717) is 40.1 Å². The minimum atomic E-state index is -0.248. The van der Waals surface area contributed by atoms with Crippen LogP contribution in [0.15, 0.2) is 47.3 Å². The highest BCUT2D eigenvalue weighted by Crippen LogP contribution is 2.35. The first kappa shape index (κ1) is 21.5. The summed E-state index contributed by atoms with van der Waals surface area (Å²) < 4.78 is 7.07. The van der Waals surface area contributed by atoms with Gasteiger partial charge in [-0.3, -0.25) is 19.0 Å². The monoisotopic (exact) mass is 434 g/mol. The molecule has 0 bridgehead atoms. The minimum Gasteiger partial charge on any atom is -0.495 e. The van der Waals surface area contributed by atoms with Gasteiger partial charge < -0.3 is 15.0 Å². The fraction of sp³-hybridized carbons (Fsp3) is 0.333. The van der Waals surface area contributed by atoms with Crippen LogP contribution in [-0.4, -0.2) is 47.5 Å². The van der Waals surface area contributed by atoms with Gasteiger partial charge in [-0.05, 0) is 43.2 Å². The Balaban J connectivity index is 1.54. The van der Waals surface area contributed by atoms with Crippen LogP contribution in [0, 0.1) is 0 Å². The largest absolute Gasteiger partial charge is 0.495 e. The topological polar surface area (TPSA) is 93.5 Å². The Morgan fingerprint density at radius 2 is 1.94 bits per heavy atom. The number of methoxy groups -OCH3 is 1. The summed E-state index contributed by atoms with van der Waals surface area (Å²) in [6.45, 7) is 0. The number of aromatic nitrogens is 2. The van der Waals surface area contributed by atoms with Crippen LogP contribution >= 0.6 is 0 Å². The molecule has 0 radical (unpaired) electrons. The molecule has 1 fully saturated rings. The molecule has 2 amide bonds. The molecule has 0 atom stereocenters. The van der Waals surface area contributed by atoms with Gasteiger partial charge in [0.1, 0.15) is 11.6 Å². The Hall–Kier alpha value is -3.68. The number of rotatable bonds is 7. The summed E-state index contributed by atoms with van der Waals surface area (Å²) >= 11 is 0. The number of carbonyl (C=O) groups is 2. The summed E-state index contributed by atoms with van der Waals surface area (Å²) in [4.78, 5) is 44.1. The molecule has 4 rings (SSSR count). The molecule has 0 aliphatic heterocycles. The smallest absolute Gasteiger partial charge is 0.261 e. The summed E-state index contributed by atoms with van der Waals surface area (Å²) in [5.74, 6) is 0.668. The predicted molar refractivity (Wildman–Crippen MR) is 122 cm³/mol. The summed E-state index contributed by atoms with van der Waals surface area (Å²) in [5, 5.41) is 3.43. The quantitative estimate of drug-likeness (QED) is 0.617. The number of anilines is 1. The van der Waals surface area contributed by atoms with E-state index in [1.54, 1.807) is 42.9 Å². The van der Waals surface area contributed by atoms with Gasteiger partial charge >= 0.3 is 0 Å². The third kappa shape index (κ3) is 4.34. The molecular formula is C24H26N4O4. The molecule has 0 unspecified atom stereocenters. The van der Waals surface area contributed by atoms with Crippen molar-refractivity contribution in [1.29, 1.82) is 0 Å². The Morgan fingerprint density at radius 1 is 1.19 bits per heavy atom. The number of hydrogen-bond donors (Lipinski definition) is 1. The van der Waals surface area contributed by atoms with Crippen molar-refractivity contribution < 1.29 is 14.3 Å². The Bertz CT molecular complexity index is 1240. The number of nitrogens with one attached hydrogen (secondary N) is 1. The van der Waals surface area contributed by atoms with E-state index in [4.69, 9.17) is 4.74 Å². The lowest BCUT2D eigenvalue weighted by Gasteiger charge is -2.15. The lowest BCUT2D eigenvalue weighted by Crippen LogP contribution is -2.25. The molecule has 1 saturated carbocycles. The number of hydrogen-bond acceptors (Lipinski definition) is 5. The van der Waals surface area contributed by atoms with Gasteiger partial charge in [-0.15, -0.1) is 0 Å². The van der Waals surface area contributed by atoms with E-state index in [0.717, 1.165) is 12.8 Å². The average molecular weight is 434 g/mol. The summed E-state index contributed by atoms with van der Waals surface area (Å²) in [7, 11) is 4.84. The van der Waals surface area contributed by atoms with E-state index in [9.17, 15) is 14.4 Å². The van der Waals surface area contributed by atoms with Gasteiger partial charge in [-0.25, -0.2) is 4.98 Å². The van der Waals surface area contributed by atoms with Crippen molar-refractivity contribution in [1.82, 2.24) is 14.5 Å². The first-order valence-electron chi connectivity index (χ1n) is 10.6. The van der Waals surface area contributed by atoms with Crippen molar-refractivity contribution in [2.45, 2.75) is 31.7 Å². The lowest BCUT2D eigenvalue weighted by molar-refractivity contribution is -0.116. The predicted octanol–water partition coefficient (Wildman–Crippen LogP) is 3.01. The van der Waals surface area contributed by atoms with E-state index in [1.165, 1.54) is 12.0 Å². The maximum atomic E-state index is 13.0. The van der Waals surface area contributed by atoms with E-state index < -0.39 is 0 Å². The van der Waals surface area contributed by atoms with Crippen molar-refractivity contribution in [3.63, 3.8) is 0 Å². The van der Waals surface area contributed by atoms with Crippen LogP contribution in [0.25, 0.3) is 10.9 Å². The second-order valence-electron chi connectivity index (χ2n) is 8.11. The SMILES string of the molecule is COc1ccc(C(=O)N(C)C)cc1NC(=O)CCc1nc2ccccc2c(=O)n1C1CC1. The molecule has 1 N–H and O–H groups in total. The minimum absolute atomic E-state index is 0.0509. The van der Waals surface area contributed by atoms with Crippen molar-refractivity contribution in [2.24, 2.45) is 0 Å². The zero-order valence-electron chi connectivity index (χ0n) is 18.4. The fourth-order valence-electron chi connectivity index (χ4n) is 3.71. The van der Waals surface area contributed by atoms with Crippen LogP contribution in [0.2, 0.25) is 0 Å². The Labute approximate surface area is 185 Å². The molecule has 1 aliphatic carbocycles. The van der Waals surface area contributed by atoms with Gasteiger partial charge in [0, 0.05) is 38.5 Å². The highest BCUT2D eigenvalue weighted by Gasteiger charge is 2.28. The number of nitrogens with zero attached hydrogens (tertiary/aromatic N) is 3. The third-order valence-electron chi connectivity index (χ3n) is 5.50. The van der Waals surface area contributed by atoms with Gasteiger partial charge in [0.2, 0.25) is 5.91 Å². The van der Waals surface area contributed by atoms with Crippen LogP contribution < -0.4 is 15.6 Å². The molecule has 2 aromatic carbocycles. The molecule has 166 valence electrons. The number of benzene rings is 2. The van der Waals surface area contributed by atoms with Crippen LogP contribution in [0.3, 0.4) is 0 Å². The Morgan fingerprint density at radius 3 is 2.62 bits per heavy atom. The highest BCUT2D eigenvalue weighted by molar-refractivity contribution is 5.98. The van der Waals surface area contributed by atoms with Crippen LogP contribution in [-0.2, 0) is 11.2 Å². The molecule has 32 heavy (non-hydrogen) atoms. The van der Waals surface area contributed by atoms with Gasteiger partial charge in [0.15, 0.2) is 0 Å². The van der Waals surface area contributed by atoms with Crippen LogP contribution in [0.1, 0.15) is 41.5 Å². The van der Waals surface area contributed by atoms with Crippen molar-refractivity contribution in [3.8, 4) is 5.75 Å². The Kier molecular flexibility index (Phi) is 5.94. The molecule has 8 nitrogen and oxygen atoms in total. The highest BCUT2D eigenvalue weighted by atomic mass is 16.5. The molecule has 3 aromatic rings. The van der Waals surface area contributed by atoms with Gasteiger partial charge in [-0.1, -0.05) is 12.1 Å². The number of ether oxygens (including phenoxy) is 1. The number of carbonyl (C=O) groups excluding carboxylic acids is 2. The maximum absolute atomic E-state index is 13.0. The van der Waals surface area contributed by atoms with Crippen LogP contribution in [0.4, 0.5) is 5.69 Å².